The van der Waals surface area contributed by atoms with E-state index in [1.165, 1.54) is 16.5 Å². The van der Waals surface area contributed by atoms with Crippen molar-refractivity contribution in [3.05, 3.63) is 124 Å². The van der Waals surface area contributed by atoms with Crippen LogP contribution in [0.4, 0.5) is 0 Å². The molecule has 242 valence electrons. The van der Waals surface area contributed by atoms with E-state index in [0.29, 0.717) is 5.56 Å². The summed E-state index contributed by atoms with van der Waals surface area (Å²) in [6.45, 7) is 1.66. The lowest BCUT2D eigenvalue weighted by Gasteiger charge is -2.18. The summed E-state index contributed by atoms with van der Waals surface area (Å²) < 4.78 is 10.9. The summed E-state index contributed by atoms with van der Waals surface area (Å²) in [7, 11) is 3.32. The number of ketones is 2. The molecule has 50 heavy (non-hydrogen) atoms. The molecule has 0 amide bonds. The van der Waals surface area contributed by atoms with E-state index in [1.54, 1.807) is 21.1 Å². The van der Waals surface area contributed by atoms with Crippen molar-refractivity contribution >= 4 is 54.8 Å². The lowest BCUT2D eigenvalue weighted by Crippen LogP contribution is -2.05. The average Bonchev–Trinajstić information content (AvgIpc) is 3.68. The van der Waals surface area contributed by atoms with Crippen molar-refractivity contribution < 1.29 is 19.1 Å². The number of H-pyrrole nitrogens is 1. The van der Waals surface area contributed by atoms with Gasteiger partial charge in [-0.25, -0.2) is 0 Å². The highest BCUT2D eigenvalue weighted by Crippen LogP contribution is 2.52. The van der Waals surface area contributed by atoms with E-state index in [0.717, 1.165) is 101 Å². The average molecular weight is 653 g/mol. The number of benzene rings is 6. The second kappa shape index (κ2) is 10.5. The standard InChI is InChI=1S/C44H32N2O4/c1-22(47)29-15-10-24-4-5-26-20-33-39-31-18-19-34-40-30(36(48)21-35(45-34)23-6-11-27(49-2)12-7-23)16-17-32(38(31)40)42(39)43(46-44(33)41(29)37(24)26)25-8-13-28(50-3)14-9-25/h6-20,35,46H,4-5,21H2,1-3H3. The van der Waals surface area contributed by atoms with E-state index in [4.69, 9.17) is 14.5 Å². The Balaban J connectivity index is 1.37. The Morgan fingerprint density at radius 3 is 2.16 bits per heavy atom. The quantitative estimate of drug-likeness (QED) is 0.148. The summed E-state index contributed by atoms with van der Waals surface area (Å²) in [6, 6.07) is 30.5. The zero-order valence-corrected chi connectivity index (χ0v) is 27.9. The zero-order valence-electron chi connectivity index (χ0n) is 27.9. The minimum Gasteiger partial charge on any atom is -0.497 e. The second-order valence-corrected chi connectivity index (χ2v) is 13.6. The summed E-state index contributed by atoms with van der Waals surface area (Å²) in [5, 5.41) is 8.21. The summed E-state index contributed by atoms with van der Waals surface area (Å²) in [5.41, 5.74) is 10.1. The van der Waals surface area contributed by atoms with Gasteiger partial charge in [-0.05, 0) is 107 Å². The molecule has 2 aliphatic carbocycles. The summed E-state index contributed by atoms with van der Waals surface area (Å²) in [5.74, 6) is 1.68. The fraction of sp³-hybridized carbons (Fsp3) is 0.159. The number of ether oxygens (including phenoxy) is 2. The third-order valence-corrected chi connectivity index (χ3v) is 11.0. The fourth-order valence-electron chi connectivity index (χ4n) is 8.74. The first-order valence-electron chi connectivity index (χ1n) is 17.1. The van der Waals surface area contributed by atoms with Gasteiger partial charge in [0.05, 0.1) is 36.8 Å². The van der Waals surface area contributed by atoms with E-state index in [2.05, 4.69) is 47.4 Å². The predicted molar refractivity (Wildman–Crippen MR) is 198 cm³/mol. The molecule has 4 aliphatic rings. The number of aromatic amines is 1. The minimum atomic E-state index is -0.305. The summed E-state index contributed by atoms with van der Waals surface area (Å²) in [4.78, 5) is 36.4. The highest BCUT2D eigenvalue weighted by Gasteiger charge is 2.31. The van der Waals surface area contributed by atoms with Gasteiger partial charge in [0.15, 0.2) is 11.6 Å². The molecule has 0 bridgehead atoms. The lowest BCUT2D eigenvalue weighted by atomic mass is 9.90. The number of rotatable bonds is 5. The minimum absolute atomic E-state index is 0.0476. The molecular weight excluding hydrogens is 620 g/mol. The van der Waals surface area contributed by atoms with Crippen molar-refractivity contribution in [2.75, 3.05) is 14.2 Å². The van der Waals surface area contributed by atoms with Crippen LogP contribution in [0.1, 0.15) is 56.8 Å². The Bertz CT molecular complexity index is 2790. The van der Waals surface area contributed by atoms with E-state index in [-0.39, 0.29) is 24.0 Å². The summed E-state index contributed by atoms with van der Waals surface area (Å²) >= 11 is 0. The van der Waals surface area contributed by atoms with Crippen molar-refractivity contribution in [2.45, 2.75) is 32.2 Å². The Kier molecular flexibility index (Phi) is 6.08. The molecule has 2 aliphatic heterocycles. The van der Waals surface area contributed by atoms with Gasteiger partial charge in [0.25, 0.3) is 0 Å². The van der Waals surface area contributed by atoms with Crippen molar-refractivity contribution in [1.82, 2.24) is 4.98 Å². The van der Waals surface area contributed by atoms with Crippen LogP contribution in [0.15, 0.2) is 96.0 Å². The normalized spacial score (nSPS) is 15.3. The third-order valence-electron chi connectivity index (χ3n) is 11.0. The van der Waals surface area contributed by atoms with Gasteiger partial charge < -0.3 is 14.5 Å². The highest BCUT2D eigenvalue weighted by atomic mass is 16.5. The van der Waals surface area contributed by atoms with E-state index in [9.17, 15) is 9.59 Å². The molecule has 0 aromatic heterocycles. The van der Waals surface area contributed by atoms with Gasteiger partial charge in [0.2, 0.25) is 0 Å². The molecule has 1 unspecified atom stereocenters. The highest BCUT2D eigenvalue weighted by molar-refractivity contribution is 6.34. The molecule has 0 radical (unpaired) electrons. The number of nitrogens with zero attached hydrogens (tertiary/aromatic N) is 1. The first-order valence-corrected chi connectivity index (χ1v) is 17.1. The monoisotopic (exact) mass is 652 g/mol. The van der Waals surface area contributed by atoms with E-state index in [1.807, 2.05) is 48.5 Å². The van der Waals surface area contributed by atoms with Gasteiger partial charge in [-0.3, -0.25) is 14.6 Å². The SMILES string of the molecule is COc1ccc(-c2[nH]c3c(cc4c5c(ccc(C(C)=O)c53)CC4)c3c4ccc5c6c(ccc(c2-3)c46)C(=O)CC(c2ccc(OC)cc2)N=5)cc1. The number of nitrogens with one attached hydrogen (secondary N) is 1. The molecule has 6 heteroatoms. The molecule has 1 atom stereocenters. The van der Waals surface area contributed by atoms with Gasteiger partial charge in [-0.2, -0.15) is 0 Å². The first kappa shape index (κ1) is 29.0. The molecule has 6 aromatic carbocycles. The number of hydrogen-bond donors (Lipinski definition) is 1. The van der Waals surface area contributed by atoms with E-state index < -0.39 is 0 Å². The van der Waals surface area contributed by atoms with Crippen LogP contribution in [-0.2, 0) is 12.8 Å². The second-order valence-electron chi connectivity index (χ2n) is 13.6. The maximum absolute atomic E-state index is 14.1. The number of aryl methyl sites for hydroxylation is 2. The smallest absolute Gasteiger partial charge is 0.166 e. The fourth-order valence-corrected chi connectivity index (χ4v) is 8.74. The van der Waals surface area contributed by atoms with Crippen LogP contribution in [0.5, 0.6) is 11.5 Å². The molecule has 0 saturated heterocycles. The molecule has 2 heterocycles. The van der Waals surface area contributed by atoms with Crippen LogP contribution in [0.3, 0.4) is 0 Å². The Hall–Kier alpha value is -6.01. The van der Waals surface area contributed by atoms with Crippen LogP contribution >= 0.6 is 0 Å². The van der Waals surface area contributed by atoms with Crippen LogP contribution in [-0.4, -0.2) is 30.8 Å². The first-order chi connectivity index (χ1) is 24.4. The maximum Gasteiger partial charge on any atom is 0.166 e. The molecule has 0 fully saturated rings. The number of fused-ring (bicyclic) bond motifs is 6. The van der Waals surface area contributed by atoms with Gasteiger partial charge in [0.1, 0.15) is 11.5 Å². The number of aromatic nitrogens is 1. The number of hydrogen-bond acceptors (Lipinski definition) is 5. The molecule has 0 spiro atoms. The Morgan fingerprint density at radius 2 is 1.42 bits per heavy atom. The maximum atomic E-state index is 14.1. The zero-order chi connectivity index (χ0) is 33.8. The van der Waals surface area contributed by atoms with Crippen molar-refractivity contribution in [1.29, 1.82) is 0 Å². The van der Waals surface area contributed by atoms with Crippen LogP contribution in [0, 0.1) is 0 Å². The number of pyridine rings is 1. The van der Waals surface area contributed by atoms with Crippen molar-refractivity contribution in [3.8, 4) is 33.9 Å². The molecule has 6 aromatic rings. The van der Waals surface area contributed by atoms with Gasteiger partial charge in [0, 0.05) is 50.2 Å². The molecule has 6 nitrogen and oxygen atoms in total. The number of carbonyl (C=O) groups is 2. The van der Waals surface area contributed by atoms with Gasteiger partial charge in [-0.15, -0.1) is 0 Å². The van der Waals surface area contributed by atoms with Crippen LogP contribution in [0.25, 0.3) is 65.6 Å². The molecule has 1 N–H and O–H groups in total. The lowest BCUT2D eigenvalue weighted by molar-refractivity contribution is 0.0975. The van der Waals surface area contributed by atoms with E-state index >= 15 is 0 Å². The third kappa shape index (κ3) is 3.93. The van der Waals surface area contributed by atoms with Crippen molar-refractivity contribution in [2.24, 2.45) is 4.99 Å². The molecule has 0 saturated carbocycles. The Morgan fingerprint density at radius 1 is 0.720 bits per heavy atom. The Labute approximate surface area is 287 Å². The van der Waals surface area contributed by atoms with Gasteiger partial charge >= 0.3 is 0 Å². The van der Waals surface area contributed by atoms with Crippen LogP contribution < -0.4 is 14.8 Å². The number of Topliss-reactive ketones (excluding diaryl/α,β-unsaturated/α-hetero) is 2. The van der Waals surface area contributed by atoms with Crippen molar-refractivity contribution in [3.63, 3.8) is 0 Å². The number of methoxy groups -OCH3 is 2. The van der Waals surface area contributed by atoms with Gasteiger partial charge in [-0.1, -0.05) is 42.5 Å². The largest absolute Gasteiger partial charge is 0.497 e. The predicted octanol–water partition coefficient (Wildman–Crippen LogP) is 9.38. The topological polar surface area (TPSA) is 80.8 Å². The molecule has 10 rings (SSSR count). The van der Waals surface area contributed by atoms with Crippen LogP contribution in [0.2, 0.25) is 0 Å². The summed E-state index contributed by atoms with van der Waals surface area (Å²) in [6.07, 6.45) is 2.18. The molecular formula is C44H32N2O4. The number of carbonyl (C=O) groups excluding carboxylic acids is 2.